The molecule has 3 rings (SSSR count). The highest BCUT2D eigenvalue weighted by Gasteiger charge is 2.50. The van der Waals surface area contributed by atoms with Gasteiger partial charge in [0.05, 0.1) is 12.6 Å². The second-order valence-corrected chi connectivity index (χ2v) is 11.4. The van der Waals surface area contributed by atoms with Crippen molar-refractivity contribution in [1.82, 2.24) is 10.2 Å². The first-order valence-corrected chi connectivity index (χ1v) is 16.1. The lowest BCUT2D eigenvalue weighted by Crippen LogP contribution is -2.55. The van der Waals surface area contributed by atoms with Crippen LogP contribution in [0.5, 0.6) is 0 Å². The Morgan fingerprint density at radius 2 is 1.67 bits per heavy atom. The molecule has 1 aromatic carbocycles. The van der Waals surface area contributed by atoms with Crippen LogP contribution in [0.2, 0.25) is 0 Å². The Kier molecular flexibility index (Phi) is 17.2. The van der Waals surface area contributed by atoms with Gasteiger partial charge in [-0.1, -0.05) is 56.0 Å². The monoisotopic (exact) mass is 640 g/mol. The van der Waals surface area contributed by atoms with Gasteiger partial charge in [-0.3, -0.25) is 14.9 Å². The number of amides is 1. The Balaban J connectivity index is 0.000000812. The van der Waals surface area contributed by atoms with Crippen molar-refractivity contribution in [2.24, 2.45) is 5.92 Å². The molecule has 1 saturated heterocycles. The molecule has 0 unspecified atom stereocenters. The topological polar surface area (TPSA) is 160 Å². The molecule has 1 aromatic rings. The number of benzene rings is 1. The number of aryl methyl sites for hydroxylation is 1. The zero-order valence-corrected chi connectivity index (χ0v) is 27.1. The van der Waals surface area contributed by atoms with Crippen LogP contribution in [0.3, 0.4) is 0 Å². The number of carbonyl (C=O) groups excluding carboxylic acids is 3. The molecule has 11 heteroatoms. The number of hydrogen-bond donors (Lipinski definition) is 3. The normalized spacial score (nSPS) is 19.5. The van der Waals surface area contributed by atoms with Gasteiger partial charge in [0.2, 0.25) is 5.91 Å². The number of likely N-dealkylation sites (tertiary alicyclic amines) is 1. The SMILES string of the molecule is CCCCC#CCCOC(=O)[C@@H]1C[C@@H]2CCC[C@@H]2N1C(=O)[C@H](C)N[C@@H](CCc1ccccc1)C(=O)OCC.O=C(O)/C=C\C(=O)O. The molecule has 0 aromatic heterocycles. The minimum Gasteiger partial charge on any atom is -0.478 e. The molecule has 2 fully saturated rings. The number of nitrogens with one attached hydrogen (secondary N) is 1. The van der Waals surface area contributed by atoms with E-state index in [2.05, 4.69) is 24.1 Å². The van der Waals surface area contributed by atoms with Crippen molar-refractivity contribution in [2.45, 2.75) is 109 Å². The molecular weight excluding hydrogens is 592 g/mol. The van der Waals surface area contributed by atoms with Gasteiger partial charge in [-0.05, 0) is 63.9 Å². The number of rotatable bonds is 15. The van der Waals surface area contributed by atoms with E-state index in [9.17, 15) is 24.0 Å². The smallest absolute Gasteiger partial charge is 0.328 e. The minimum atomic E-state index is -1.26. The molecule has 1 heterocycles. The van der Waals surface area contributed by atoms with Crippen molar-refractivity contribution >= 4 is 29.8 Å². The standard InChI is InChI=1S/C31H44N2O5.C4H4O4/c1-4-6-7-8-9-13-21-38-31(36)28-22-25-17-14-18-27(25)33(28)29(34)23(3)32-26(30(35)37-5-2)20-19-24-15-11-10-12-16-24;5-3(6)1-2-4(7)8/h10-12,15-16,23,25-28,32H,4-7,13-14,17-22H2,1-3H3;1-2H,(H,5,6)(H,7,8)/b;2-1-/t23-,25-,26-,27-,28-;/m0./s1. The highest BCUT2D eigenvalue weighted by molar-refractivity contribution is 5.90. The molecule has 1 aliphatic heterocycles. The van der Waals surface area contributed by atoms with Gasteiger partial charge < -0.3 is 24.6 Å². The molecule has 3 N–H and O–H groups in total. The van der Waals surface area contributed by atoms with Crippen LogP contribution in [-0.4, -0.2) is 82.3 Å². The summed E-state index contributed by atoms with van der Waals surface area (Å²) in [6, 6.07) is 8.15. The maximum absolute atomic E-state index is 13.8. The number of fused-ring (bicyclic) bond motifs is 1. The van der Waals surface area contributed by atoms with E-state index in [4.69, 9.17) is 19.7 Å². The van der Waals surface area contributed by atoms with E-state index in [0.29, 0.717) is 43.8 Å². The van der Waals surface area contributed by atoms with Gasteiger partial charge in [0.1, 0.15) is 18.7 Å². The highest BCUT2D eigenvalue weighted by Crippen LogP contribution is 2.42. The van der Waals surface area contributed by atoms with Crippen LogP contribution in [0.15, 0.2) is 42.5 Å². The minimum absolute atomic E-state index is 0.0449. The number of carboxylic acid groups (broad SMARTS) is 2. The molecule has 11 nitrogen and oxygen atoms in total. The number of aliphatic carboxylic acids is 2. The molecule has 1 amide bonds. The van der Waals surface area contributed by atoms with E-state index in [1.165, 1.54) is 0 Å². The van der Waals surface area contributed by atoms with Gasteiger partial charge in [0, 0.05) is 31.0 Å². The Morgan fingerprint density at radius 3 is 2.30 bits per heavy atom. The number of carbonyl (C=O) groups is 5. The number of carboxylic acids is 2. The summed E-state index contributed by atoms with van der Waals surface area (Å²) in [7, 11) is 0. The van der Waals surface area contributed by atoms with Crippen molar-refractivity contribution in [3.63, 3.8) is 0 Å². The Morgan fingerprint density at radius 1 is 1.00 bits per heavy atom. The largest absolute Gasteiger partial charge is 0.478 e. The van der Waals surface area contributed by atoms with Crippen LogP contribution in [0, 0.1) is 17.8 Å². The van der Waals surface area contributed by atoms with E-state index >= 15 is 0 Å². The number of nitrogens with zero attached hydrogens (tertiary/aromatic N) is 1. The van der Waals surface area contributed by atoms with Crippen molar-refractivity contribution in [3.8, 4) is 11.8 Å². The average Bonchev–Trinajstić information content (AvgIpc) is 3.64. The van der Waals surface area contributed by atoms with Crippen LogP contribution >= 0.6 is 0 Å². The summed E-state index contributed by atoms with van der Waals surface area (Å²) in [4.78, 5) is 60.4. The average molecular weight is 641 g/mol. The van der Waals surface area contributed by atoms with Crippen LogP contribution in [-0.2, 0) is 39.9 Å². The van der Waals surface area contributed by atoms with E-state index in [1.54, 1.807) is 18.7 Å². The lowest BCUT2D eigenvalue weighted by atomic mass is 10.0. The second-order valence-electron chi connectivity index (χ2n) is 11.4. The Hall–Kier alpha value is -4.17. The van der Waals surface area contributed by atoms with E-state index in [0.717, 1.165) is 44.1 Å². The number of unbranched alkanes of at least 4 members (excludes halogenated alkanes) is 2. The van der Waals surface area contributed by atoms with Gasteiger partial charge in [0.15, 0.2) is 0 Å². The van der Waals surface area contributed by atoms with Gasteiger partial charge in [-0.25, -0.2) is 14.4 Å². The number of esters is 2. The Bertz CT molecular complexity index is 1220. The predicted molar refractivity (Wildman–Crippen MR) is 171 cm³/mol. The number of hydrogen-bond acceptors (Lipinski definition) is 8. The fourth-order valence-electron chi connectivity index (χ4n) is 5.76. The first kappa shape index (κ1) is 38.0. The molecule has 0 spiro atoms. The summed E-state index contributed by atoms with van der Waals surface area (Å²) >= 11 is 0. The van der Waals surface area contributed by atoms with Crippen LogP contribution in [0.4, 0.5) is 0 Å². The van der Waals surface area contributed by atoms with E-state index in [-0.39, 0.29) is 37.1 Å². The van der Waals surface area contributed by atoms with Gasteiger partial charge in [-0.15, -0.1) is 5.92 Å². The first-order valence-electron chi connectivity index (χ1n) is 16.1. The number of ether oxygens (including phenoxy) is 2. The first-order chi connectivity index (χ1) is 22.1. The molecule has 0 bridgehead atoms. The summed E-state index contributed by atoms with van der Waals surface area (Å²) in [5.41, 5.74) is 1.12. The van der Waals surface area contributed by atoms with Crippen LogP contribution in [0.25, 0.3) is 0 Å². The summed E-state index contributed by atoms with van der Waals surface area (Å²) < 4.78 is 10.9. The molecule has 5 atom stereocenters. The summed E-state index contributed by atoms with van der Waals surface area (Å²) in [6.45, 7) is 6.19. The van der Waals surface area contributed by atoms with Crippen molar-refractivity contribution in [3.05, 3.63) is 48.0 Å². The Labute approximate surface area is 271 Å². The zero-order valence-electron chi connectivity index (χ0n) is 27.1. The third-order valence-electron chi connectivity index (χ3n) is 7.94. The van der Waals surface area contributed by atoms with E-state index < -0.39 is 30.1 Å². The molecular formula is C35H48N2O9. The summed E-state index contributed by atoms with van der Waals surface area (Å²) in [6.07, 6.45) is 9.47. The van der Waals surface area contributed by atoms with E-state index in [1.807, 2.05) is 30.3 Å². The molecule has 0 radical (unpaired) electrons. The zero-order chi connectivity index (χ0) is 33.9. The van der Waals surface area contributed by atoms with Crippen molar-refractivity contribution in [1.29, 1.82) is 0 Å². The lowest BCUT2D eigenvalue weighted by Gasteiger charge is -2.32. The molecule has 252 valence electrons. The fourth-order valence-corrected chi connectivity index (χ4v) is 5.76. The molecule has 1 saturated carbocycles. The molecule has 1 aliphatic carbocycles. The molecule has 46 heavy (non-hydrogen) atoms. The fraction of sp³-hybridized carbons (Fsp3) is 0.571. The van der Waals surface area contributed by atoms with Crippen LogP contribution < -0.4 is 5.32 Å². The summed E-state index contributed by atoms with van der Waals surface area (Å²) in [5, 5.41) is 18.9. The second kappa shape index (κ2) is 20.8. The highest BCUT2D eigenvalue weighted by atomic mass is 16.5. The maximum atomic E-state index is 13.8. The third-order valence-corrected chi connectivity index (χ3v) is 7.94. The maximum Gasteiger partial charge on any atom is 0.328 e. The van der Waals surface area contributed by atoms with Gasteiger partial charge in [-0.2, -0.15) is 0 Å². The third kappa shape index (κ3) is 13.1. The molecule has 2 aliphatic rings. The van der Waals surface area contributed by atoms with Crippen molar-refractivity contribution < 1.29 is 43.7 Å². The quantitative estimate of drug-likeness (QED) is 0.110. The van der Waals surface area contributed by atoms with Crippen molar-refractivity contribution in [2.75, 3.05) is 13.2 Å². The lowest BCUT2D eigenvalue weighted by molar-refractivity contribution is -0.155. The summed E-state index contributed by atoms with van der Waals surface area (Å²) in [5.74, 6) is 3.11. The van der Waals surface area contributed by atoms with Crippen LogP contribution in [0.1, 0.15) is 84.1 Å². The predicted octanol–water partition coefficient (Wildman–Crippen LogP) is 4.14. The van der Waals surface area contributed by atoms with Gasteiger partial charge in [0.25, 0.3) is 0 Å². The van der Waals surface area contributed by atoms with Gasteiger partial charge >= 0.3 is 23.9 Å².